The average molecular weight is 706 g/mol. The zero-order valence-corrected chi connectivity index (χ0v) is 29.5. The van der Waals surface area contributed by atoms with Gasteiger partial charge in [-0.1, -0.05) is 152 Å². The Bertz CT molecular complexity index is 2920. The van der Waals surface area contributed by atoms with Crippen molar-refractivity contribution in [1.29, 1.82) is 0 Å². The van der Waals surface area contributed by atoms with Gasteiger partial charge in [-0.05, 0) is 47.5 Å². The van der Waals surface area contributed by atoms with E-state index in [2.05, 4.69) is 78.9 Å². The van der Waals surface area contributed by atoms with Gasteiger partial charge in [0.05, 0.1) is 11.4 Å². The van der Waals surface area contributed by atoms with E-state index in [0.717, 1.165) is 77.8 Å². The standard InChI is InChI=1S/C49H31N5O/c1-4-14-32(15-5-1)42-31-43(51-46(50-42)33-16-6-2-7-17-33)37-22-12-20-35(28-37)36-21-13-23-38(29-36)48-52-47(34-18-8-3-9-19-34)53-49(54-48)39-26-27-41-40-24-10-11-25-44(40)55-45(41)30-39/h1-31H. The first kappa shape index (κ1) is 32.1. The van der Waals surface area contributed by atoms with Crippen molar-refractivity contribution in [3.05, 3.63) is 188 Å². The maximum absolute atomic E-state index is 6.23. The van der Waals surface area contributed by atoms with E-state index in [4.69, 9.17) is 29.3 Å². The third-order valence-corrected chi connectivity index (χ3v) is 9.74. The van der Waals surface area contributed by atoms with Gasteiger partial charge in [0.1, 0.15) is 11.2 Å². The number of hydrogen-bond acceptors (Lipinski definition) is 6. The van der Waals surface area contributed by atoms with Gasteiger partial charge in [-0.2, -0.15) is 0 Å². The Kier molecular flexibility index (Phi) is 8.04. The number of fused-ring (bicyclic) bond motifs is 3. The second-order valence-corrected chi connectivity index (χ2v) is 13.3. The van der Waals surface area contributed by atoms with E-state index < -0.39 is 0 Å². The fraction of sp³-hybridized carbons (Fsp3) is 0. The van der Waals surface area contributed by atoms with Gasteiger partial charge in [-0.15, -0.1) is 0 Å². The van der Waals surface area contributed by atoms with Gasteiger partial charge in [0.2, 0.25) is 0 Å². The summed E-state index contributed by atoms with van der Waals surface area (Å²) in [4.78, 5) is 25.1. The monoisotopic (exact) mass is 705 g/mol. The smallest absolute Gasteiger partial charge is 0.164 e. The summed E-state index contributed by atoms with van der Waals surface area (Å²) in [5.41, 5.74) is 11.1. The van der Waals surface area contributed by atoms with Crippen molar-refractivity contribution in [2.45, 2.75) is 0 Å². The molecule has 10 aromatic rings. The molecule has 3 aromatic heterocycles. The average Bonchev–Trinajstić information content (AvgIpc) is 3.65. The molecule has 10 rings (SSSR count). The quantitative estimate of drug-likeness (QED) is 0.164. The zero-order chi connectivity index (χ0) is 36.6. The van der Waals surface area contributed by atoms with Gasteiger partial charge < -0.3 is 4.42 Å². The van der Waals surface area contributed by atoms with Crippen LogP contribution in [0.4, 0.5) is 0 Å². The van der Waals surface area contributed by atoms with Crippen LogP contribution in [0.15, 0.2) is 192 Å². The maximum Gasteiger partial charge on any atom is 0.164 e. The summed E-state index contributed by atoms with van der Waals surface area (Å²) in [5.74, 6) is 2.45. The molecule has 3 heterocycles. The second-order valence-electron chi connectivity index (χ2n) is 13.3. The Morgan fingerprint density at radius 2 is 0.691 bits per heavy atom. The molecule has 0 saturated heterocycles. The van der Waals surface area contributed by atoms with E-state index in [1.54, 1.807) is 0 Å². The van der Waals surface area contributed by atoms with Crippen molar-refractivity contribution in [3.63, 3.8) is 0 Å². The van der Waals surface area contributed by atoms with Crippen molar-refractivity contribution in [3.8, 4) is 79.2 Å². The first-order valence-electron chi connectivity index (χ1n) is 18.2. The van der Waals surface area contributed by atoms with E-state index in [9.17, 15) is 0 Å². The molecular formula is C49H31N5O. The summed E-state index contributed by atoms with van der Waals surface area (Å²) in [6.45, 7) is 0. The number of para-hydroxylation sites is 1. The Balaban J connectivity index is 1.06. The Morgan fingerprint density at radius 3 is 1.35 bits per heavy atom. The minimum Gasteiger partial charge on any atom is -0.456 e. The van der Waals surface area contributed by atoms with Crippen LogP contribution in [0.2, 0.25) is 0 Å². The van der Waals surface area contributed by atoms with Gasteiger partial charge in [0, 0.05) is 44.2 Å². The highest BCUT2D eigenvalue weighted by Crippen LogP contribution is 2.34. The van der Waals surface area contributed by atoms with Crippen LogP contribution in [0.3, 0.4) is 0 Å². The fourth-order valence-corrected chi connectivity index (χ4v) is 6.98. The van der Waals surface area contributed by atoms with Crippen molar-refractivity contribution >= 4 is 21.9 Å². The Hall–Kier alpha value is -7.57. The molecular weight excluding hydrogens is 675 g/mol. The van der Waals surface area contributed by atoms with Crippen molar-refractivity contribution in [2.24, 2.45) is 0 Å². The van der Waals surface area contributed by atoms with Gasteiger partial charge in [-0.3, -0.25) is 0 Å². The van der Waals surface area contributed by atoms with Crippen LogP contribution in [-0.2, 0) is 0 Å². The molecule has 0 bridgehead atoms. The Labute approximate surface area is 317 Å². The molecule has 0 fully saturated rings. The van der Waals surface area contributed by atoms with Gasteiger partial charge in [0.25, 0.3) is 0 Å². The highest BCUT2D eigenvalue weighted by Gasteiger charge is 2.16. The number of aromatic nitrogens is 5. The lowest BCUT2D eigenvalue weighted by Gasteiger charge is -2.11. The topological polar surface area (TPSA) is 77.6 Å². The number of furan rings is 1. The number of hydrogen-bond donors (Lipinski definition) is 0. The van der Waals surface area contributed by atoms with E-state index in [0.29, 0.717) is 23.3 Å². The highest BCUT2D eigenvalue weighted by molar-refractivity contribution is 6.05. The molecule has 258 valence electrons. The van der Waals surface area contributed by atoms with Crippen molar-refractivity contribution in [1.82, 2.24) is 24.9 Å². The summed E-state index contributed by atoms with van der Waals surface area (Å²) < 4.78 is 6.23. The molecule has 0 aliphatic heterocycles. The molecule has 7 aromatic carbocycles. The minimum atomic E-state index is 0.575. The summed E-state index contributed by atoms with van der Waals surface area (Å²) in [5, 5.41) is 2.14. The van der Waals surface area contributed by atoms with E-state index in [1.165, 1.54) is 0 Å². The van der Waals surface area contributed by atoms with Crippen LogP contribution < -0.4 is 0 Å². The summed E-state index contributed by atoms with van der Waals surface area (Å²) in [7, 11) is 0. The molecule has 55 heavy (non-hydrogen) atoms. The molecule has 6 heteroatoms. The molecule has 0 radical (unpaired) electrons. The predicted octanol–water partition coefficient (Wildman–Crippen LogP) is 12.2. The van der Waals surface area contributed by atoms with Crippen LogP contribution >= 0.6 is 0 Å². The molecule has 0 saturated carbocycles. The van der Waals surface area contributed by atoms with Crippen LogP contribution in [-0.4, -0.2) is 24.9 Å². The third kappa shape index (κ3) is 6.32. The largest absolute Gasteiger partial charge is 0.456 e. The predicted molar refractivity (Wildman–Crippen MR) is 221 cm³/mol. The first-order chi connectivity index (χ1) is 27.2. The molecule has 0 spiro atoms. The molecule has 0 aliphatic carbocycles. The lowest BCUT2D eigenvalue weighted by molar-refractivity contribution is 0.669. The second kappa shape index (κ2) is 13.8. The van der Waals surface area contributed by atoms with Crippen LogP contribution in [0.25, 0.3) is 101 Å². The molecule has 0 N–H and O–H groups in total. The number of rotatable bonds is 7. The van der Waals surface area contributed by atoms with Gasteiger partial charge >= 0.3 is 0 Å². The van der Waals surface area contributed by atoms with E-state index >= 15 is 0 Å². The van der Waals surface area contributed by atoms with E-state index in [1.807, 2.05) is 109 Å². The Morgan fingerprint density at radius 1 is 0.255 bits per heavy atom. The van der Waals surface area contributed by atoms with Crippen molar-refractivity contribution < 1.29 is 4.42 Å². The highest BCUT2D eigenvalue weighted by atomic mass is 16.3. The molecule has 0 atom stereocenters. The van der Waals surface area contributed by atoms with Gasteiger partial charge in [-0.25, -0.2) is 24.9 Å². The zero-order valence-electron chi connectivity index (χ0n) is 29.5. The summed E-state index contributed by atoms with van der Waals surface area (Å²) >= 11 is 0. The lowest BCUT2D eigenvalue weighted by atomic mass is 9.99. The molecule has 0 unspecified atom stereocenters. The summed E-state index contributed by atoms with van der Waals surface area (Å²) in [6, 6.07) is 63.5. The first-order valence-corrected chi connectivity index (χ1v) is 18.2. The number of benzene rings is 7. The third-order valence-electron chi connectivity index (χ3n) is 9.74. The lowest BCUT2D eigenvalue weighted by Crippen LogP contribution is -2.00. The molecule has 6 nitrogen and oxygen atoms in total. The molecule has 0 amide bonds. The molecule has 0 aliphatic rings. The van der Waals surface area contributed by atoms with Crippen molar-refractivity contribution in [2.75, 3.05) is 0 Å². The van der Waals surface area contributed by atoms with Gasteiger partial charge in [0.15, 0.2) is 23.3 Å². The normalized spacial score (nSPS) is 11.3. The SMILES string of the molecule is c1ccc(-c2cc(-c3cccc(-c4cccc(-c5nc(-c6ccccc6)nc(-c6ccc7c(c6)oc6ccccc67)n5)c4)c3)nc(-c3ccccc3)n2)cc1. The fourth-order valence-electron chi connectivity index (χ4n) is 6.98. The van der Waals surface area contributed by atoms with Crippen LogP contribution in [0, 0.1) is 0 Å². The minimum absolute atomic E-state index is 0.575. The van der Waals surface area contributed by atoms with Crippen LogP contribution in [0.5, 0.6) is 0 Å². The van der Waals surface area contributed by atoms with E-state index in [-0.39, 0.29) is 0 Å². The van der Waals surface area contributed by atoms with Crippen LogP contribution in [0.1, 0.15) is 0 Å². The summed E-state index contributed by atoms with van der Waals surface area (Å²) in [6.07, 6.45) is 0. The number of nitrogens with zero attached hydrogens (tertiary/aromatic N) is 5. The maximum atomic E-state index is 6.23.